The van der Waals surface area contributed by atoms with Crippen LogP contribution in [0.3, 0.4) is 0 Å². The molecule has 0 spiro atoms. The van der Waals surface area contributed by atoms with Gasteiger partial charge in [-0.2, -0.15) is 0 Å². The topological polar surface area (TPSA) is 96.9 Å². The molecule has 0 saturated carbocycles. The van der Waals surface area contributed by atoms with Crippen molar-refractivity contribution in [3.8, 4) is 5.75 Å². The van der Waals surface area contributed by atoms with E-state index in [9.17, 15) is 13.2 Å². The predicted molar refractivity (Wildman–Crippen MR) is 104 cm³/mol. The van der Waals surface area contributed by atoms with Gasteiger partial charge in [0.25, 0.3) is 10.0 Å². The summed E-state index contributed by atoms with van der Waals surface area (Å²) in [5, 5.41) is 2.81. The maximum absolute atomic E-state index is 12.7. The molecule has 0 aromatic heterocycles. The molecule has 8 heteroatoms. The zero-order valence-electron chi connectivity index (χ0n) is 15.3. The van der Waals surface area contributed by atoms with Crippen molar-refractivity contribution in [1.29, 1.82) is 0 Å². The molecule has 1 atom stereocenters. The Kier molecular flexibility index (Phi) is 5.18. The number of hydrogen-bond acceptors (Lipinski definition) is 5. The Balaban J connectivity index is 1.88. The van der Waals surface area contributed by atoms with Crippen LogP contribution in [0, 0.1) is 5.92 Å². The number of aliphatic imine (C=N–C) groups is 1. The van der Waals surface area contributed by atoms with Crippen LogP contribution in [0.2, 0.25) is 0 Å². The molecule has 1 amide bonds. The van der Waals surface area contributed by atoms with Gasteiger partial charge in [0.15, 0.2) is 0 Å². The van der Waals surface area contributed by atoms with Gasteiger partial charge >= 0.3 is 0 Å². The minimum Gasteiger partial charge on any atom is -0.497 e. The quantitative estimate of drug-likeness (QED) is 0.823. The summed E-state index contributed by atoms with van der Waals surface area (Å²) in [5.74, 6) is 0.430. The van der Waals surface area contributed by atoms with E-state index in [1.54, 1.807) is 49.6 Å². The molecule has 0 radical (unpaired) electrons. The minimum absolute atomic E-state index is 0.131. The Bertz CT molecular complexity index is 982. The van der Waals surface area contributed by atoms with Crippen LogP contribution in [0.1, 0.15) is 19.4 Å². The molecule has 0 saturated heterocycles. The Hall–Kier alpha value is -2.87. The number of benzene rings is 2. The van der Waals surface area contributed by atoms with E-state index >= 15 is 0 Å². The molecule has 2 aromatic carbocycles. The number of fused-ring (bicyclic) bond motifs is 1. The SMILES string of the molecule is COc1ccc(NC(=O)[C@@H](N=C2NS(=O)(=O)c3ccccc32)C(C)C)cc1. The highest BCUT2D eigenvalue weighted by Crippen LogP contribution is 2.24. The first-order valence-corrected chi connectivity index (χ1v) is 9.95. The summed E-state index contributed by atoms with van der Waals surface area (Å²) in [7, 11) is -2.08. The molecular formula is C19H21N3O4S. The van der Waals surface area contributed by atoms with Crippen LogP contribution < -0.4 is 14.8 Å². The Morgan fingerprint density at radius 3 is 2.41 bits per heavy atom. The highest BCUT2D eigenvalue weighted by Gasteiger charge is 2.32. The number of amides is 1. The van der Waals surface area contributed by atoms with Crippen molar-refractivity contribution in [2.24, 2.45) is 10.9 Å². The normalized spacial score (nSPS) is 17.3. The standard InChI is InChI=1S/C19H21N3O4S/c1-12(2)17(19(23)20-13-8-10-14(26-3)11-9-13)21-18-15-6-4-5-7-16(15)27(24,25)22-18/h4-12,17H,1-3H3,(H,20,23)(H,21,22)/t17-/m0/s1. The van der Waals surface area contributed by atoms with Crippen LogP contribution >= 0.6 is 0 Å². The second-order valence-corrected chi connectivity index (χ2v) is 8.14. The molecule has 1 aliphatic heterocycles. The fraction of sp³-hybridized carbons (Fsp3) is 0.263. The smallest absolute Gasteiger partial charge is 0.263 e. The van der Waals surface area contributed by atoms with Gasteiger partial charge in [-0.1, -0.05) is 26.0 Å². The first kappa shape index (κ1) is 18.9. The number of hydrogen-bond donors (Lipinski definition) is 2. The fourth-order valence-electron chi connectivity index (χ4n) is 2.77. The number of methoxy groups -OCH3 is 1. The van der Waals surface area contributed by atoms with Gasteiger partial charge in [-0.3, -0.25) is 14.5 Å². The van der Waals surface area contributed by atoms with E-state index in [1.807, 2.05) is 13.8 Å². The van der Waals surface area contributed by atoms with Gasteiger partial charge in [-0.15, -0.1) is 0 Å². The van der Waals surface area contributed by atoms with Crippen molar-refractivity contribution in [3.05, 3.63) is 54.1 Å². The van der Waals surface area contributed by atoms with E-state index in [4.69, 9.17) is 4.74 Å². The number of amidine groups is 1. The highest BCUT2D eigenvalue weighted by molar-refractivity contribution is 7.90. The van der Waals surface area contributed by atoms with Crippen molar-refractivity contribution < 1.29 is 17.9 Å². The van der Waals surface area contributed by atoms with Crippen molar-refractivity contribution in [2.45, 2.75) is 24.8 Å². The zero-order valence-corrected chi connectivity index (χ0v) is 16.1. The van der Waals surface area contributed by atoms with E-state index in [0.717, 1.165) is 0 Å². The van der Waals surface area contributed by atoms with E-state index in [-0.39, 0.29) is 22.6 Å². The number of sulfonamides is 1. The molecule has 142 valence electrons. The second kappa shape index (κ2) is 7.40. The Morgan fingerprint density at radius 2 is 1.78 bits per heavy atom. The lowest BCUT2D eigenvalue weighted by molar-refractivity contribution is -0.118. The number of nitrogens with zero attached hydrogens (tertiary/aromatic N) is 1. The molecule has 0 bridgehead atoms. The third-order valence-corrected chi connectivity index (χ3v) is 5.59. The van der Waals surface area contributed by atoms with Crippen molar-refractivity contribution >= 4 is 27.5 Å². The summed E-state index contributed by atoms with van der Waals surface area (Å²) in [6.07, 6.45) is 0. The lowest BCUT2D eigenvalue weighted by Crippen LogP contribution is -2.34. The van der Waals surface area contributed by atoms with Crippen molar-refractivity contribution in [3.63, 3.8) is 0 Å². The predicted octanol–water partition coefficient (Wildman–Crippen LogP) is 2.40. The summed E-state index contributed by atoms with van der Waals surface area (Å²) >= 11 is 0. The average Bonchev–Trinajstić information content (AvgIpc) is 2.90. The third kappa shape index (κ3) is 3.95. The Morgan fingerprint density at radius 1 is 1.11 bits per heavy atom. The van der Waals surface area contributed by atoms with E-state index in [1.165, 1.54) is 6.07 Å². The van der Waals surface area contributed by atoms with Gasteiger partial charge < -0.3 is 10.1 Å². The van der Waals surface area contributed by atoms with Crippen LogP contribution in [0.4, 0.5) is 5.69 Å². The van der Waals surface area contributed by atoms with Crippen molar-refractivity contribution in [1.82, 2.24) is 4.72 Å². The van der Waals surface area contributed by atoms with Crippen LogP contribution in [0.5, 0.6) is 5.75 Å². The molecule has 1 aliphatic rings. The van der Waals surface area contributed by atoms with Crippen molar-refractivity contribution in [2.75, 3.05) is 12.4 Å². The molecule has 7 nitrogen and oxygen atoms in total. The summed E-state index contributed by atoms with van der Waals surface area (Å²) in [4.78, 5) is 17.3. The van der Waals surface area contributed by atoms with Gasteiger partial charge in [0, 0.05) is 11.3 Å². The maximum atomic E-state index is 12.7. The number of rotatable bonds is 5. The molecule has 2 N–H and O–H groups in total. The largest absolute Gasteiger partial charge is 0.497 e. The fourth-order valence-corrected chi connectivity index (χ4v) is 4.01. The van der Waals surface area contributed by atoms with Crippen LogP contribution in [-0.4, -0.2) is 33.3 Å². The summed E-state index contributed by atoms with van der Waals surface area (Å²) in [6.45, 7) is 3.72. The van der Waals surface area contributed by atoms with Gasteiger partial charge in [-0.25, -0.2) is 8.42 Å². The first-order valence-electron chi connectivity index (χ1n) is 8.47. The zero-order chi connectivity index (χ0) is 19.6. The van der Waals surface area contributed by atoms with Gasteiger partial charge in [0.05, 0.1) is 12.0 Å². The number of carbonyl (C=O) groups excluding carboxylic acids is 1. The lowest BCUT2D eigenvalue weighted by atomic mass is 10.0. The summed E-state index contributed by atoms with van der Waals surface area (Å²) < 4.78 is 32.0. The molecular weight excluding hydrogens is 366 g/mol. The van der Waals surface area contributed by atoms with Gasteiger partial charge in [0.1, 0.15) is 17.6 Å². The van der Waals surface area contributed by atoms with Crippen LogP contribution in [0.15, 0.2) is 58.4 Å². The summed E-state index contributed by atoms with van der Waals surface area (Å²) in [6, 6.07) is 12.8. The monoisotopic (exact) mass is 387 g/mol. The number of anilines is 1. The molecule has 0 aliphatic carbocycles. The molecule has 3 rings (SSSR count). The molecule has 0 fully saturated rings. The molecule has 2 aromatic rings. The van der Waals surface area contributed by atoms with Gasteiger partial charge in [-0.05, 0) is 42.3 Å². The van der Waals surface area contributed by atoms with E-state index in [2.05, 4.69) is 15.0 Å². The second-order valence-electron chi connectivity index (χ2n) is 6.49. The van der Waals surface area contributed by atoms with E-state index < -0.39 is 16.1 Å². The maximum Gasteiger partial charge on any atom is 0.263 e. The average molecular weight is 387 g/mol. The molecule has 27 heavy (non-hydrogen) atoms. The first-order chi connectivity index (χ1) is 12.8. The van der Waals surface area contributed by atoms with E-state index in [0.29, 0.717) is 17.0 Å². The lowest BCUT2D eigenvalue weighted by Gasteiger charge is -2.17. The van der Waals surface area contributed by atoms with Gasteiger partial charge in [0.2, 0.25) is 5.91 Å². The number of nitrogens with one attached hydrogen (secondary N) is 2. The Labute approximate surface area is 158 Å². The highest BCUT2D eigenvalue weighted by atomic mass is 32.2. The third-order valence-electron chi connectivity index (χ3n) is 4.19. The number of carbonyl (C=O) groups is 1. The van der Waals surface area contributed by atoms with Crippen LogP contribution in [0.25, 0.3) is 0 Å². The number of ether oxygens (including phenoxy) is 1. The molecule has 0 unspecified atom stereocenters. The minimum atomic E-state index is -3.64. The summed E-state index contributed by atoms with van der Waals surface area (Å²) in [5.41, 5.74) is 1.08. The van der Waals surface area contributed by atoms with Crippen LogP contribution in [-0.2, 0) is 14.8 Å². The molecule has 1 heterocycles.